The van der Waals surface area contributed by atoms with E-state index in [2.05, 4.69) is 22.2 Å². The minimum absolute atomic E-state index is 0.355. The molecule has 18 heavy (non-hydrogen) atoms. The first-order valence-corrected chi connectivity index (χ1v) is 7.04. The van der Waals surface area contributed by atoms with Crippen LogP contribution in [-0.4, -0.2) is 28.7 Å². The number of fused-ring (bicyclic) bond motifs is 1. The van der Waals surface area contributed by atoms with Gasteiger partial charge in [0.05, 0.1) is 6.10 Å². The molecule has 1 aromatic heterocycles. The summed E-state index contributed by atoms with van der Waals surface area (Å²) in [5, 5.41) is 3.61. The maximum atomic E-state index is 5.59. The van der Waals surface area contributed by atoms with Crippen molar-refractivity contribution in [3.63, 3.8) is 0 Å². The maximum absolute atomic E-state index is 5.59. The van der Waals surface area contributed by atoms with Gasteiger partial charge in [0.15, 0.2) is 0 Å². The van der Waals surface area contributed by atoms with Crippen molar-refractivity contribution in [2.45, 2.75) is 57.6 Å². The summed E-state index contributed by atoms with van der Waals surface area (Å²) in [6, 6.07) is 0.495. The zero-order chi connectivity index (χ0) is 12.4. The topological polar surface area (TPSA) is 47.0 Å². The molecular formula is C14H21N3O. The molecule has 1 aromatic rings. The van der Waals surface area contributed by atoms with Gasteiger partial charge >= 0.3 is 0 Å². The van der Waals surface area contributed by atoms with Crippen LogP contribution in [0.15, 0.2) is 6.33 Å². The Labute approximate surface area is 108 Å². The van der Waals surface area contributed by atoms with Crippen LogP contribution in [0.2, 0.25) is 0 Å². The quantitative estimate of drug-likeness (QED) is 0.871. The van der Waals surface area contributed by atoms with Gasteiger partial charge < -0.3 is 10.1 Å². The number of rotatable bonds is 2. The maximum Gasteiger partial charge on any atom is 0.133 e. The summed E-state index contributed by atoms with van der Waals surface area (Å²) < 4.78 is 5.59. The average Bonchev–Trinajstić information content (AvgIpc) is 2.39. The van der Waals surface area contributed by atoms with Gasteiger partial charge in [0.2, 0.25) is 0 Å². The summed E-state index contributed by atoms with van der Waals surface area (Å²) in [4.78, 5) is 8.86. The highest BCUT2D eigenvalue weighted by Crippen LogP contribution is 2.26. The summed E-state index contributed by atoms with van der Waals surface area (Å²) >= 11 is 0. The Hall–Kier alpha value is -1.16. The van der Waals surface area contributed by atoms with Crippen molar-refractivity contribution >= 4 is 5.82 Å². The first kappa shape index (κ1) is 11.9. The van der Waals surface area contributed by atoms with Gasteiger partial charge in [-0.25, -0.2) is 9.97 Å². The molecule has 0 radical (unpaired) electrons. The minimum Gasteiger partial charge on any atom is -0.378 e. The van der Waals surface area contributed by atoms with Crippen LogP contribution in [0, 0.1) is 0 Å². The number of anilines is 1. The van der Waals surface area contributed by atoms with E-state index >= 15 is 0 Å². The Kier molecular flexibility index (Phi) is 3.46. The van der Waals surface area contributed by atoms with Crippen LogP contribution >= 0.6 is 0 Å². The largest absolute Gasteiger partial charge is 0.378 e. The van der Waals surface area contributed by atoms with E-state index < -0.39 is 0 Å². The highest BCUT2D eigenvalue weighted by Gasteiger charge is 2.22. The van der Waals surface area contributed by atoms with Gasteiger partial charge in [0.25, 0.3) is 0 Å². The smallest absolute Gasteiger partial charge is 0.133 e. The lowest BCUT2D eigenvalue weighted by atomic mass is 9.96. The van der Waals surface area contributed by atoms with Crippen molar-refractivity contribution in [1.82, 2.24) is 9.97 Å². The third-order valence-corrected chi connectivity index (χ3v) is 3.95. The molecule has 1 aliphatic carbocycles. The molecule has 1 fully saturated rings. The molecule has 0 saturated carbocycles. The number of nitrogens with zero attached hydrogens (tertiary/aromatic N) is 2. The highest BCUT2D eigenvalue weighted by atomic mass is 16.5. The Morgan fingerprint density at radius 3 is 3.06 bits per heavy atom. The van der Waals surface area contributed by atoms with Gasteiger partial charge in [0, 0.05) is 23.9 Å². The van der Waals surface area contributed by atoms with E-state index in [1.165, 1.54) is 24.1 Å². The number of aryl methyl sites for hydroxylation is 1. The SMILES string of the molecule is CC1CC(Nc2ncnc3c2CCCC3)CCO1. The molecule has 1 saturated heterocycles. The molecule has 1 N–H and O–H groups in total. The van der Waals surface area contributed by atoms with E-state index in [9.17, 15) is 0 Å². The minimum atomic E-state index is 0.355. The molecule has 0 amide bonds. The number of hydrogen-bond acceptors (Lipinski definition) is 4. The van der Waals surface area contributed by atoms with Gasteiger partial charge in [-0.1, -0.05) is 0 Å². The van der Waals surface area contributed by atoms with Crippen LogP contribution in [0.1, 0.15) is 43.9 Å². The zero-order valence-corrected chi connectivity index (χ0v) is 11.0. The molecule has 0 bridgehead atoms. The molecule has 0 aromatic carbocycles. The van der Waals surface area contributed by atoms with Crippen molar-refractivity contribution in [2.24, 2.45) is 0 Å². The van der Waals surface area contributed by atoms with Crippen LogP contribution < -0.4 is 5.32 Å². The van der Waals surface area contributed by atoms with Gasteiger partial charge in [-0.2, -0.15) is 0 Å². The normalized spacial score (nSPS) is 27.6. The number of nitrogens with one attached hydrogen (secondary N) is 1. The van der Waals surface area contributed by atoms with Gasteiger partial charge in [0.1, 0.15) is 12.1 Å². The van der Waals surface area contributed by atoms with E-state index in [1.54, 1.807) is 6.33 Å². The molecule has 3 rings (SSSR count). The molecular weight excluding hydrogens is 226 g/mol. The van der Waals surface area contributed by atoms with Gasteiger partial charge in [-0.05, 0) is 45.4 Å². The molecule has 2 heterocycles. The number of aromatic nitrogens is 2. The molecule has 2 aliphatic rings. The second-order valence-electron chi connectivity index (χ2n) is 5.40. The van der Waals surface area contributed by atoms with Crippen molar-refractivity contribution in [2.75, 3.05) is 11.9 Å². The monoisotopic (exact) mass is 247 g/mol. The lowest BCUT2D eigenvalue weighted by Crippen LogP contribution is -2.33. The molecule has 0 spiro atoms. The molecule has 4 nitrogen and oxygen atoms in total. The highest BCUT2D eigenvalue weighted by molar-refractivity contribution is 5.47. The lowest BCUT2D eigenvalue weighted by molar-refractivity contribution is 0.0231. The zero-order valence-electron chi connectivity index (χ0n) is 11.0. The standard InChI is InChI=1S/C14H21N3O/c1-10-8-11(6-7-18-10)17-14-12-4-2-3-5-13(12)15-9-16-14/h9-11H,2-8H2,1H3,(H,15,16,17). The summed E-state index contributed by atoms with van der Waals surface area (Å²) in [6.45, 7) is 3.00. The van der Waals surface area contributed by atoms with Crippen LogP contribution in [-0.2, 0) is 17.6 Å². The molecule has 2 atom stereocenters. The van der Waals surface area contributed by atoms with Crippen LogP contribution in [0.5, 0.6) is 0 Å². The molecule has 2 unspecified atom stereocenters. The fourth-order valence-electron chi connectivity index (χ4n) is 2.97. The number of ether oxygens (including phenoxy) is 1. The van der Waals surface area contributed by atoms with Crippen molar-refractivity contribution in [3.8, 4) is 0 Å². The molecule has 1 aliphatic heterocycles. The predicted octanol–water partition coefficient (Wildman–Crippen LogP) is 2.33. The van der Waals surface area contributed by atoms with Crippen molar-refractivity contribution < 1.29 is 4.74 Å². The first-order chi connectivity index (χ1) is 8.83. The van der Waals surface area contributed by atoms with E-state index in [0.717, 1.165) is 38.1 Å². The lowest BCUT2D eigenvalue weighted by Gasteiger charge is -2.29. The van der Waals surface area contributed by atoms with Crippen LogP contribution in [0.25, 0.3) is 0 Å². The Balaban J connectivity index is 1.76. The third-order valence-electron chi connectivity index (χ3n) is 3.95. The second kappa shape index (κ2) is 5.22. The summed E-state index contributed by atoms with van der Waals surface area (Å²) in [5.74, 6) is 1.07. The fraction of sp³-hybridized carbons (Fsp3) is 0.714. The Bertz CT molecular complexity index is 422. The molecule has 98 valence electrons. The van der Waals surface area contributed by atoms with Crippen LogP contribution in [0.4, 0.5) is 5.82 Å². The van der Waals surface area contributed by atoms with E-state index in [0.29, 0.717) is 12.1 Å². The Morgan fingerprint density at radius 1 is 1.28 bits per heavy atom. The Morgan fingerprint density at radius 2 is 2.17 bits per heavy atom. The van der Waals surface area contributed by atoms with E-state index in [-0.39, 0.29) is 0 Å². The predicted molar refractivity (Wildman–Crippen MR) is 70.7 cm³/mol. The second-order valence-corrected chi connectivity index (χ2v) is 5.40. The van der Waals surface area contributed by atoms with Crippen molar-refractivity contribution in [3.05, 3.63) is 17.6 Å². The summed E-state index contributed by atoms with van der Waals surface area (Å²) in [7, 11) is 0. The van der Waals surface area contributed by atoms with E-state index in [4.69, 9.17) is 4.74 Å². The fourth-order valence-corrected chi connectivity index (χ4v) is 2.97. The number of hydrogen-bond donors (Lipinski definition) is 1. The average molecular weight is 247 g/mol. The molecule has 4 heteroatoms. The van der Waals surface area contributed by atoms with Gasteiger partial charge in [-0.15, -0.1) is 0 Å². The van der Waals surface area contributed by atoms with Crippen molar-refractivity contribution in [1.29, 1.82) is 0 Å². The summed E-state index contributed by atoms with van der Waals surface area (Å²) in [5.41, 5.74) is 2.60. The van der Waals surface area contributed by atoms with Gasteiger partial charge in [-0.3, -0.25) is 0 Å². The third kappa shape index (κ3) is 2.48. The van der Waals surface area contributed by atoms with Crippen LogP contribution in [0.3, 0.4) is 0 Å². The summed E-state index contributed by atoms with van der Waals surface area (Å²) in [6.07, 6.45) is 8.95. The first-order valence-electron chi connectivity index (χ1n) is 7.04. The van der Waals surface area contributed by atoms with E-state index in [1.807, 2.05) is 0 Å².